The van der Waals surface area contributed by atoms with Crippen LogP contribution in [0.25, 0.3) is 0 Å². The molecule has 0 radical (unpaired) electrons. The molecule has 4 nitrogen and oxygen atoms in total. The molecule has 1 amide bonds. The molecule has 26 heavy (non-hydrogen) atoms. The van der Waals surface area contributed by atoms with Crippen molar-refractivity contribution in [2.24, 2.45) is 0 Å². The fraction of sp³-hybridized carbons (Fsp3) is 0.381. The van der Waals surface area contributed by atoms with Gasteiger partial charge in [0, 0.05) is 18.0 Å². The first-order valence-corrected chi connectivity index (χ1v) is 10.1. The van der Waals surface area contributed by atoms with Gasteiger partial charge in [-0.3, -0.25) is 4.79 Å². The summed E-state index contributed by atoms with van der Waals surface area (Å²) in [5, 5.41) is -0.239. The number of nitrogens with zero attached hydrogens (tertiary/aromatic N) is 1. The fourth-order valence-electron chi connectivity index (χ4n) is 3.40. The Bertz CT molecular complexity index is 759. The van der Waals surface area contributed by atoms with Crippen LogP contribution in [0.5, 0.6) is 11.5 Å². The molecule has 136 valence electrons. The zero-order valence-corrected chi connectivity index (χ0v) is 15.5. The van der Waals surface area contributed by atoms with Gasteiger partial charge in [0.2, 0.25) is 5.91 Å². The van der Waals surface area contributed by atoms with Crippen LogP contribution in [-0.4, -0.2) is 37.1 Å². The standard InChI is InChI=1S/C21H23NO3S/c23-21(22-11-5-2-6-12-22)20(16-7-3-1-4-8-16)26-17-9-10-18-19(15-17)25-14-13-24-18/h1,3-4,7-10,15,20H,2,5-6,11-14H2/t20-/m1/s1. The number of fused-ring (bicyclic) bond motifs is 1. The maximum Gasteiger partial charge on any atom is 0.240 e. The first kappa shape index (κ1) is 17.3. The van der Waals surface area contributed by atoms with E-state index in [1.54, 1.807) is 11.8 Å². The zero-order chi connectivity index (χ0) is 17.8. The van der Waals surface area contributed by atoms with Crippen molar-refractivity contribution in [3.05, 3.63) is 54.1 Å². The Hall–Kier alpha value is -2.14. The van der Waals surface area contributed by atoms with Gasteiger partial charge in [-0.25, -0.2) is 0 Å². The van der Waals surface area contributed by atoms with Crippen molar-refractivity contribution in [1.29, 1.82) is 0 Å². The molecule has 0 bridgehead atoms. The highest BCUT2D eigenvalue weighted by Gasteiger charge is 2.28. The number of amides is 1. The number of carbonyl (C=O) groups is 1. The fourth-order valence-corrected chi connectivity index (χ4v) is 4.54. The lowest BCUT2D eigenvalue weighted by atomic mass is 10.1. The van der Waals surface area contributed by atoms with Crippen molar-refractivity contribution in [3.63, 3.8) is 0 Å². The van der Waals surface area contributed by atoms with Gasteiger partial charge in [0.1, 0.15) is 18.5 Å². The van der Waals surface area contributed by atoms with E-state index in [0.29, 0.717) is 13.2 Å². The Morgan fingerprint density at radius 3 is 2.42 bits per heavy atom. The molecule has 0 aliphatic carbocycles. The monoisotopic (exact) mass is 369 g/mol. The predicted octanol–water partition coefficient (Wildman–Crippen LogP) is 4.30. The quantitative estimate of drug-likeness (QED) is 0.753. The third-order valence-electron chi connectivity index (χ3n) is 4.76. The summed E-state index contributed by atoms with van der Waals surface area (Å²) in [5.74, 6) is 1.74. The number of thioether (sulfide) groups is 1. The molecular formula is C21H23NO3S. The molecule has 1 saturated heterocycles. The predicted molar refractivity (Wildman–Crippen MR) is 103 cm³/mol. The van der Waals surface area contributed by atoms with Gasteiger partial charge in [-0.05, 0) is 43.0 Å². The molecule has 2 aromatic rings. The molecular weight excluding hydrogens is 346 g/mol. The maximum atomic E-state index is 13.2. The SMILES string of the molecule is O=C([C@H](Sc1ccc2c(c1)OCCO2)c1ccccc1)N1CCCCC1. The highest BCUT2D eigenvalue weighted by Crippen LogP contribution is 2.41. The summed E-state index contributed by atoms with van der Waals surface area (Å²) in [5.41, 5.74) is 1.04. The summed E-state index contributed by atoms with van der Waals surface area (Å²) < 4.78 is 11.3. The van der Waals surface area contributed by atoms with E-state index in [4.69, 9.17) is 9.47 Å². The van der Waals surface area contributed by atoms with E-state index in [-0.39, 0.29) is 11.2 Å². The summed E-state index contributed by atoms with van der Waals surface area (Å²) in [7, 11) is 0. The van der Waals surface area contributed by atoms with Gasteiger partial charge in [0.25, 0.3) is 0 Å². The van der Waals surface area contributed by atoms with Crippen molar-refractivity contribution < 1.29 is 14.3 Å². The van der Waals surface area contributed by atoms with Crippen LogP contribution >= 0.6 is 11.8 Å². The number of benzene rings is 2. The van der Waals surface area contributed by atoms with Crippen LogP contribution in [0.4, 0.5) is 0 Å². The van der Waals surface area contributed by atoms with Gasteiger partial charge >= 0.3 is 0 Å². The van der Waals surface area contributed by atoms with Crippen LogP contribution in [0.1, 0.15) is 30.1 Å². The highest BCUT2D eigenvalue weighted by atomic mass is 32.2. The molecule has 0 N–H and O–H groups in total. The minimum Gasteiger partial charge on any atom is -0.486 e. The number of piperidine rings is 1. The van der Waals surface area contributed by atoms with Gasteiger partial charge in [0.05, 0.1) is 0 Å². The minimum atomic E-state index is -0.239. The summed E-state index contributed by atoms with van der Waals surface area (Å²) in [6.07, 6.45) is 3.42. The Morgan fingerprint density at radius 1 is 0.923 bits per heavy atom. The minimum absolute atomic E-state index is 0.204. The van der Waals surface area contributed by atoms with Crippen molar-refractivity contribution in [3.8, 4) is 11.5 Å². The number of rotatable bonds is 4. The van der Waals surface area contributed by atoms with E-state index >= 15 is 0 Å². The lowest BCUT2D eigenvalue weighted by molar-refractivity contribution is -0.131. The van der Waals surface area contributed by atoms with Crippen molar-refractivity contribution in [2.75, 3.05) is 26.3 Å². The summed E-state index contributed by atoms with van der Waals surface area (Å²) in [6, 6.07) is 16.0. The first-order chi connectivity index (χ1) is 12.8. The van der Waals surface area contributed by atoms with Crippen molar-refractivity contribution >= 4 is 17.7 Å². The number of hydrogen-bond acceptors (Lipinski definition) is 4. The van der Waals surface area contributed by atoms with Crippen LogP contribution in [0, 0.1) is 0 Å². The van der Waals surface area contributed by atoms with Crippen LogP contribution in [0.3, 0.4) is 0 Å². The maximum absolute atomic E-state index is 13.2. The Kier molecular flexibility index (Phi) is 5.34. The molecule has 0 saturated carbocycles. The van der Waals surface area contributed by atoms with E-state index in [9.17, 15) is 4.79 Å². The summed E-state index contributed by atoms with van der Waals surface area (Å²) in [6.45, 7) is 2.88. The molecule has 2 aliphatic rings. The van der Waals surface area contributed by atoms with Crippen LogP contribution < -0.4 is 9.47 Å². The lowest BCUT2D eigenvalue weighted by Gasteiger charge is -2.30. The lowest BCUT2D eigenvalue weighted by Crippen LogP contribution is -2.38. The molecule has 0 spiro atoms. The molecule has 0 unspecified atom stereocenters. The molecule has 2 aromatic carbocycles. The number of likely N-dealkylation sites (tertiary alicyclic amines) is 1. The van der Waals surface area contributed by atoms with E-state index in [2.05, 4.69) is 0 Å². The molecule has 1 fully saturated rings. The second kappa shape index (κ2) is 8.04. The molecule has 2 heterocycles. The number of hydrogen-bond donors (Lipinski definition) is 0. The largest absolute Gasteiger partial charge is 0.486 e. The Morgan fingerprint density at radius 2 is 1.65 bits per heavy atom. The first-order valence-electron chi connectivity index (χ1n) is 9.21. The van der Waals surface area contributed by atoms with Gasteiger partial charge in [-0.2, -0.15) is 0 Å². The smallest absolute Gasteiger partial charge is 0.240 e. The van der Waals surface area contributed by atoms with Crippen molar-refractivity contribution in [1.82, 2.24) is 4.90 Å². The van der Waals surface area contributed by atoms with Gasteiger partial charge in [-0.15, -0.1) is 11.8 Å². The Balaban J connectivity index is 1.59. The normalized spacial score (nSPS) is 17.6. The van der Waals surface area contributed by atoms with E-state index in [1.807, 2.05) is 53.4 Å². The summed E-state index contributed by atoms with van der Waals surface area (Å²) >= 11 is 1.59. The third-order valence-corrected chi connectivity index (χ3v) is 6.00. The molecule has 2 aliphatic heterocycles. The summed E-state index contributed by atoms with van der Waals surface area (Å²) in [4.78, 5) is 16.3. The van der Waals surface area contributed by atoms with Crippen LogP contribution in [0.2, 0.25) is 0 Å². The molecule has 0 aromatic heterocycles. The van der Waals surface area contributed by atoms with Gasteiger partial charge < -0.3 is 14.4 Å². The van der Waals surface area contributed by atoms with E-state index in [0.717, 1.165) is 47.9 Å². The molecule has 5 heteroatoms. The number of carbonyl (C=O) groups excluding carboxylic acids is 1. The third kappa shape index (κ3) is 3.83. The van der Waals surface area contributed by atoms with E-state index < -0.39 is 0 Å². The van der Waals surface area contributed by atoms with Crippen molar-refractivity contribution in [2.45, 2.75) is 29.4 Å². The van der Waals surface area contributed by atoms with Gasteiger partial charge in [0.15, 0.2) is 11.5 Å². The average molecular weight is 369 g/mol. The van der Waals surface area contributed by atoms with Gasteiger partial charge in [-0.1, -0.05) is 30.3 Å². The zero-order valence-electron chi connectivity index (χ0n) is 14.7. The molecule has 4 rings (SSSR count). The van der Waals surface area contributed by atoms with Crippen LogP contribution in [0.15, 0.2) is 53.4 Å². The average Bonchev–Trinajstić information content (AvgIpc) is 2.73. The second-order valence-electron chi connectivity index (χ2n) is 6.60. The number of ether oxygens (including phenoxy) is 2. The Labute approximate surface area is 158 Å². The molecule has 1 atom stereocenters. The topological polar surface area (TPSA) is 38.8 Å². The highest BCUT2D eigenvalue weighted by molar-refractivity contribution is 8.00. The van der Waals surface area contributed by atoms with E-state index in [1.165, 1.54) is 6.42 Å². The second-order valence-corrected chi connectivity index (χ2v) is 7.78. The van der Waals surface area contributed by atoms with Crippen LogP contribution in [-0.2, 0) is 4.79 Å².